The fourth-order valence-corrected chi connectivity index (χ4v) is 2.19. The van der Waals surface area contributed by atoms with Gasteiger partial charge in [-0.15, -0.1) is 0 Å². The van der Waals surface area contributed by atoms with Gasteiger partial charge < -0.3 is 5.73 Å². The zero-order valence-electron chi connectivity index (χ0n) is 10.6. The standard InChI is InChI=1S/C16H18FN/c1-2-16(18,12-13-7-4-3-5-8-13)14-9-6-10-15(17)11-14/h3-11H,2,12,18H2,1H3. The number of halogens is 1. The van der Waals surface area contributed by atoms with E-state index in [0.717, 1.165) is 12.0 Å². The SMILES string of the molecule is CCC(N)(Cc1ccccc1)c1cccc(F)c1. The Morgan fingerprint density at radius 3 is 2.39 bits per heavy atom. The van der Waals surface area contributed by atoms with Gasteiger partial charge in [0.15, 0.2) is 0 Å². The maximum Gasteiger partial charge on any atom is 0.123 e. The smallest absolute Gasteiger partial charge is 0.123 e. The van der Waals surface area contributed by atoms with Gasteiger partial charge >= 0.3 is 0 Å². The number of nitrogens with two attached hydrogens (primary N) is 1. The molecule has 0 bridgehead atoms. The predicted octanol–water partition coefficient (Wildman–Crippen LogP) is 3.63. The molecule has 0 heterocycles. The molecule has 2 aromatic rings. The van der Waals surface area contributed by atoms with Gasteiger partial charge in [0.05, 0.1) is 0 Å². The fourth-order valence-electron chi connectivity index (χ4n) is 2.19. The van der Waals surface area contributed by atoms with Crippen LogP contribution in [0.15, 0.2) is 54.6 Å². The normalized spacial score (nSPS) is 14.2. The Morgan fingerprint density at radius 2 is 1.78 bits per heavy atom. The summed E-state index contributed by atoms with van der Waals surface area (Å²) in [6, 6.07) is 16.7. The molecular formula is C16H18FN. The lowest BCUT2D eigenvalue weighted by Gasteiger charge is -2.29. The summed E-state index contributed by atoms with van der Waals surface area (Å²) in [5.41, 5.74) is 7.97. The lowest BCUT2D eigenvalue weighted by Crippen LogP contribution is -2.38. The van der Waals surface area contributed by atoms with Crippen molar-refractivity contribution in [3.63, 3.8) is 0 Å². The lowest BCUT2D eigenvalue weighted by molar-refractivity contribution is 0.422. The minimum Gasteiger partial charge on any atom is -0.321 e. The second kappa shape index (κ2) is 5.32. The van der Waals surface area contributed by atoms with Crippen molar-refractivity contribution in [2.75, 3.05) is 0 Å². The molecule has 2 heteroatoms. The first-order valence-electron chi connectivity index (χ1n) is 6.23. The first-order chi connectivity index (χ1) is 8.64. The van der Waals surface area contributed by atoms with E-state index in [-0.39, 0.29) is 5.82 Å². The molecule has 94 valence electrons. The average molecular weight is 243 g/mol. The molecule has 0 aliphatic rings. The van der Waals surface area contributed by atoms with Crippen LogP contribution in [0.5, 0.6) is 0 Å². The average Bonchev–Trinajstić information content (AvgIpc) is 2.40. The Bertz CT molecular complexity index is 510. The zero-order valence-corrected chi connectivity index (χ0v) is 10.6. The summed E-state index contributed by atoms with van der Waals surface area (Å²) in [6.07, 6.45) is 1.49. The molecule has 0 spiro atoms. The maximum atomic E-state index is 13.3. The lowest BCUT2D eigenvalue weighted by atomic mass is 9.82. The monoisotopic (exact) mass is 243 g/mol. The van der Waals surface area contributed by atoms with Gasteiger partial charge in [-0.1, -0.05) is 49.4 Å². The molecule has 2 rings (SSSR count). The third-order valence-corrected chi connectivity index (χ3v) is 3.39. The van der Waals surface area contributed by atoms with Gasteiger partial charge in [-0.2, -0.15) is 0 Å². The van der Waals surface area contributed by atoms with E-state index in [2.05, 4.69) is 12.1 Å². The fraction of sp³-hybridized carbons (Fsp3) is 0.250. The summed E-state index contributed by atoms with van der Waals surface area (Å²) in [7, 11) is 0. The Hall–Kier alpha value is -1.67. The highest BCUT2D eigenvalue weighted by molar-refractivity contribution is 5.28. The third-order valence-electron chi connectivity index (χ3n) is 3.39. The van der Waals surface area contributed by atoms with E-state index in [4.69, 9.17) is 5.73 Å². The molecule has 0 aliphatic carbocycles. The van der Waals surface area contributed by atoms with Crippen molar-refractivity contribution in [3.05, 3.63) is 71.5 Å². The minimum absolute atomic E-state index is 0.233. The Kier molecular flexibility index (Phi) is 3.78. The number of benzene rings is 2. The number of hydrogen-bond donors (Lipinski definition) is 1. The molecule has 1 nitrogen and oxygen atoms in total. The van der Waals surface area contributed by atoms with E-state index in [1.54, 1.807) is 6.07 Å². The van der Waals surface area contributed by atoms with E-state index in [0.29, 0.717) is 6.42 Å². The van der Waals surface area contributed by atoms with Crippen molar-refractivity contribution in [1.29, 1.82) is 0 Å². The van der Waals surface area contributed by atoms with Crippen LogP contribution in [0, 0.1) is 5.82 Å². The van der Waals surface area contributed by atoms with Gasteiger partial charge in [-0.3, -0.25) is 0 Å². The summed E-state index contributed by atoms with van der Waals surface area (Å²) < 4.78 is 13.3. The van der Waals surface area contributed by atoms with Crippen LogP contribution in [0.4, 0.5) is 4.39 Å². The molecule has 1 unspecified atom stereocenters. The van der Waals surface area contributed by atoms with Gasteiger partial charge in [0.1, 0.15) is 5.82 Å². The molecule has 2 N–H and O–H groups in total. The molecule has 0 amide bonds. The minimum atomic E-state index is -0.510. The van der Waals surface area contributed by atoms with Gasteiger partial charge in [0, 0.05) is 5.54 Å². The Labute approximate surface area is 107 Å². The van der Waals surface area contributed by atoms with E-state index in [9.17, 15) is 4.39 Å². The van der Waals surface area contributed by atoms with Crippen molar-refractivity contribution in [3.8, 4) is 0 Å². The Balaban J connectivity index is 2.31. The second-order valence-corrected chi connectivity index (χ2v) is 4.68. The van der Waals surface area contributed by atoms with Crippen LogP contribution in [0.25, 0.3) is 0 Å². The number of rotatable bonds is 4. The maximum absolute atomic E-state index is 13.3. The van der Waals surface area contributed by atoms with Crippen molar-refractivity contribution >= 4 is 0 Å². The molecular weight excluding hydrogens is 225 g/mol. The molecule has 2 aromatic carbocycles. The molecule has 0 saturated heterocycles. The summed E-state index contributed by atoms with van der Waals surface area (Å²) >= 11 is 0. The van der Waals surface area contributed by atoms with Crippen LogP contribution < -0.4 is 5.73 Å². The van der Waals surface area contributed by atoms with Crippen molar-refractivity contribution in [1.82, 2.24) is 0 Å². The van der Waals surface area contributed by atoms with E-state index in [1.807, 2.05) is 31.2 Å². The topological polar surface area (TPSA) is 26.0 Å². The van der Waals surface area contributed by atoms with Gasteiger partial charge in [-0.25, -0.2) is 4.39 Å². The van der Waals surface area contributed by atoms with E-state index >= 15 is 0 Å². The van der Waals surface area contributed by atoms with Crippen molar-refractivity contribution in [2.24, 2.45) is 5.73 Å². The van der Waals surface area contributed by atoms with Gasteiger partial charge in [0.25, 0.3) is 0 Å². The van der Waals surface area contributed by atoms with Crippen LogP contribution >= 0.6 is 0 Å². The summed E-state index contributed by atoms with van der Waals surface area (Å²) in [5.74, 6) is -0.233. The van der Waals surface area contributed by atoms with Crippen LogP contribution in [0.2, 0.25) is 0 Å². The van der Waals surface area contributed by atoms with Crippen LogP contribution in [0.1, 0.15) is 24.5 Å². The summed E-state index contributed by atoms with van der Waals surface area (Å²) in [4.78, 5) is 0. The first-order valence-corrected chi connectivity index (χ1v) is 6.23. The van der Waals surface area contributed by atoms with Gasteiger partial charge in [-0.05, 0) is 36.1 Å². The van der Waals surface area contributed by atoms with E-state index < -0.39 is 5.54 Å². The van der Waals surface area contributed by atoms with Gasteiger partial charge in [0.2, 0.25) is 0 Å². The molecule has 0 fully saturated rings. The molecule has 18 heavy (non-hydrogen) atoms. The Morgan fingerprint density at radius 1 is 1.06 bits per heavy atom. The van der Waals surface area contributed by atoms with E-state index in [1.165, 1.54) is 17.7 Å². The third kappa shape index (κ3) is 2.77. The largest absolute Gasteiger partial charge is 0.321 e. The van der Waals surface area contributed by atoms with Crippen LogP contribution in [-0.2, 0) is 12.0 Å². The molecule has 0 saturated carbocycles. The highest BCUT2D eigenvalue weighted by Crippen LogP contribution is 2.27. The quantitative estimate of drug-likeness (QED) is 0.871. The summed E-state index contributed by atoms with van der Waals surface area (Å²) in [6.45, 7) is 2.04. The highest BCUT2D eigenvalue weighted by Gasteiger charge is 2.25. The second-order valence-electron chi connectivity index (χ2n) is 4.68. The predicted molar refractivity (Wildman–Crippen MR) is 72.7 cm³/mol. The summed E-state index contributed by atoms with van der Waals surface area (Å²) in [5, 5.41) is 0. The molecule has 1 atom stereocenters. The molecule has 0 aromatic heterocycles. The molecule has 0 radical (unpaired) electrons. The zero-order chi connectivity index (χ0) is 13.0. The number of hydrogen-bond acceptors (Lipinski definition) is 1. The first kappa shape index (κ1) is 12.8. The van der Waals surface area contributed by atoms with Crippen molar-refractivity contribution < 1.29 is 4.39 Å². The molecule has 0 aliphatic heterocycles. The van der Waals surface area contributed by atoms with Crippen LogP contribution in [-0.4, -0.2) is 0 Å². The highest BCUT2D eigenvalue weighted by atomic mass is 19.1. The van der Waals surface area contributed by atoms with Crippen LogP contribution in [0.3, 0.4) is 0 Å². The van der Waals surface area contributed by atoms with Crippen molar-refractivity contribution in [2.45, 2.75) is 25.3 Å².